The number of nitrogens with two attached hydrogens (primary N) is 1. The maximum Gasteiger partial charge on any atom is 0.351 e. The first kappa shape index (κ1) is 13.0. The minimum absolute atomic E-state index is 0.119. The second-order valence-electron chi connectivity index (χ2n) is 4.82. The summed E-state index contributed by atoms with van der Waals surface area (Å²) in [5.74, 6) is 0.151. The fraction of sp³-hybridized carbons (Fsp3) is 0.636. The van der Waals surface area contributed by atoms with Gasteiger partial charge in [-0.2, -0.15) is 4.98 Å². The zero-order valence-electron chi connectivity index (χ0n) is 10.1. The highest BCUT2D eigenvalue weighted by Gasteiger charge is 2.45. The third-order valence-electron chi connectivity index (χ3n) is 3.43. The lowest BCUT2D eigenvalue weighted by atomic mass is 9.84. The molecular formula is C11H17N3O4. The van der Waals surface area contributed by atoms with Crippen molar-refractivity contribution < 1.29 is 14.9 Å². The quantitative estimate of drug-likeness (QED) is 0.646. The summed E-state index contributed by atoms with van der Waals surface area (Å²) in [6, 6.07) is 1.51. The number of rotatable bonds is 3. The monoisotopic (exact) mass is 255 g/mol. The lowest BCUT2D eigenvalue weighted by Gasteiger charge is -2.25. The van der Waals surface area contributed by atoms with E-state index in [1.165, 1.54) is 16.8 Å². The Bertz CT molecular complexity index is 489. The lowest BCUT2D eigenvalue weighted by molar-refractivity contribution is -0.0541. The van der Waals surface area contributed by atoms with E-state index in [0.29, 0.717) is 6.42 Å². The molecule has 3 atom stereocenters. The molecule has 100 valence electrons. The van der Waals surface area contributed by atoms with Gasteiger partial charge in [0.1, 0.15) is 12.0 Å². The van der Waals surface area contributed by atoms with E-state index in [0.717, 1.165) is 0 Å². The first-order valence-electron chi connectivity index (χ1n) is 5.72. The summed E-state index contributed by atoms with van der Waals surface area (Å²) in [4.78, 5) is 15.3. The Balaban J connectivity index is 2.29. The Morgan fingerprint density at radius 2 is 2.39 bits per heavy atom. The fourth-order valence-corrected chi connectivity index (χ4v) is 2.17. The Labute approximate surface area is 104 Å². The van der Waals surface area contributed by atoms with Crippen molar-refractivity contribution in [2.75, 3.05) is 18.9 Å². The number of aliphatic hydroxyl groups excluding tert-OH is 2. The van der Waals surface area contributed by atoms with Gasteiger partial charge in [0.15, 0.2) is 0 Å². The average Bonchev–Trinajstić information content (AvgIpc) is 2.67. The van der Waals surface area contributed by atoms with Crippen LogP contribution >= 0.6 is 0 Å². The SMILES string of the molecule is C[C@@]1(CO)C[C@H](n2ccc(N)nc2=O)O[C@@H]1CO. The standard InChI is InChI=1S/C11H17N3O4/c1-11(6-16)4-9(18-7(11)5-15)14-3-2-8(12)13-10(14)17/h2-3,7,9,15-16H,4-6H2,1H3,(H2,12,13,17)/t7-,9-,11+/m1/s1. The molecule has 4 N–H and O–H groups in total. The van der Waals surface area contributed by atoms with E-state index in [1.54, 1.807) is 0 Å². The second-order valence-corrected chi connectivity index (χ2v) is 4.82. The van der Waals surface area contributed by atoms with Crippen LogP contribution in [-0.2, 0) is 4.74 Å². The number of aromatic nitrogens is 2. The Kier molecular flexibility index (Phi) is 3.38. The average molecular weight is 255 g/mol. The molecule has 1 saturated heterocycles. The molecule has 0 bridgehead atoms. The van der Waals surface area contributed by atoms with Crippen LogP contribution in [0.4, 0.5) is 5.82 Å². The maximum absolute atomic E-state index is 11.7. The van der Waals surface area contributed by atoms with Crippen LogP contribution in [0, 0.1) is 5.41 Å². The highest BCUT2D eigenvalue weighted by Crippen LogP contribution is 2.42. The van der Waals surface area contributed by atoms with Crippen molar-refractivity contribution in [1.82, 2.24) is 9.55 Å². The molecule has 2 rings (SSSR count). The van der Waals surface area contributed by atoms with E-state index in [4.69, 9.17) is 10.5 Å². The smallest absolute Gasteiger partial charge is 0.351 e. The molecule has 0 unspecified atom stereocenters. The molecule has 1 aromatic rings. The van der Waals surface area contributed by atoms with Crippen LogP contribution in [0.15, 0.2) is 17.1 Å². The molecule has 0 saturated carbocycles. The molecule has 0 aromatic carbocycles. The highest BCUT2D eigenvalue weighted by molar-refractivity contribution is 5.23. The second kappa shape index (κ2) is 4.68. The summed E-state index contributed by atoms with van der Waals surface area (Å²) < 4.78 is 6.92. The topological polar surface area (TPSA) is 111 Å². The van der Waals surface area contributed by atoms with E-state index in [1.807, 2.05) is 6.92 Å². The number of ether oxygens (including phenoxy) is 1. The summed E-state index contributed by atoms with van der Waals surface area (Å²) in [7, 11) is 0. The van der Waals surface area contributed by atoms with Crippen molar-refractivity contribution in [2.24, 2.45) is 5.41 Å². The Hall–Kier alpha value is -1.44. The van der Waals surface area contributed by atoms with Crippen LogP contribution in [0.5, 0.6) is 0 Å². The van der Waals surface area contributed by atoms with Gasteiger partial charge in [-0.3, -0.25) is 4.57 Å². The molecule has 18 heavy (non-hydrogen) atoms. The minimum Gasteiger partial charge on any atom is -0.396 e. The summed E-state index contributed by atoms with van der Waals surface area (Å²) in [5.41, 5.74) is 4.34. The molecule has 0 aliphatic carbocycles. The first-order chi connectivity index (χ1) is 8.50. The van der Waals surface area contributed by atoms with Crippen molar-refractivity contribution in [3.63, 3.8) is 0 Å². The third kappa shape index (κ3) is 2.12. The van der Waals surface area contributed by atoms with Gasteiger partial charge in [-0.15, -0.1) is 0 Å². The van der Waals surface area contributed by atoms with Gasteiger partial charge in [0.25, 0.3) is 0 Å². The molecule has 0 amide bonds. The summed E-state index contributed by atoms with van der Waals surface area (Å²) in [5, 5.41) is 18.6. The van der Waals surface area contributed by atoms with E-state index in [-0.39, 0.29) is 19.0 Å². The first-order valence-corrected chi connectivity index (χ1v) is 5.72. The van der Waals surface area contributed by atoms with Gasteiger partial charge in [-0.05, 0) is 6.07 Å². The summed E-state index contributed by atoms with van der Waals surface area (Å²) in [6.45, 7) is 1.49. The predicted octanol–water partition coefficient (Wildman–Crippen LogP) is -0.896. The number of nitrogen functional groups attached to an aromatic ring is 1. The van der Waals surface area contributed by atoms with Crippen LogP contribution < -0.4 is 11.4 Å². The van der Waals surface area contributed by atoms with Crippen LogP contribution in [0.3, 0.4) is 0 Å². The van der Waals surface area contributed by atoms with Gasteiger partial charge < -0.3 is 20.7 Å². The number of hydrogen-bond donors (Lipinski definition) is 3. The molecule has 2 heterocycles. The minimum atomic E-state index is -0.569. The van der Waals surface area contributed by atoms with Gasteiger partial charge in [0, 0.05) is 18.0 Å². The van der Waals surface area contributed by atoms with Gasteiger partial charge in [-0.25, -0.2) is 4.79 Å². The summed E-state index contributed by atoms with van der Waals surface area (Å²) >= 11 is 0. The summed E-state index contributed by atoms with van der Waals surface area (Å²) in [6.07, 6.45) is 0.893. The van der Waals surface area contributed by atoms with Crippen molar-refractivity contribution in [1.29, 1.82) is 0 Å². The van der Waals surface area contributed by atoms with Crippen LogP contribution in [0.2, 0.25) is 0 Å². The van der Waals surface area contributed by atoms with E-state index >= 15 is 0 Å². The normalized spacial score (nSPS) is 31.7. The van der Waals surface area contributed by atoms with Crippen molar-refractivity contribution in [3.05, 3.63) is 22.7 Å². The molecule has 0 radical (unpaired) electrons. The van der Waals surface area contributed by atoms with E-state index < -0.39 is 23.4 Å². The van der Waals surface area contributed by atoms with E-state index in [9.17, 15) is 15.0 Å². The molecule has 7 heteroatoms. The molecule has 1 aliphatic heterocycles. The largest absolute Gasteiger partial charge is 0.396 e. The number of nitrogens with zero attached hydrogens (tertiary/aromatic N) is 2. The highest BCUT2D eigenvalue weighted by atomic mass is 16.5. The Morgan fingerprint density at radius 3 is 2.89 bits per heavy atom. The fourth-order valence-electron chi connectivity index (χ4n) is 2.17. The van der Waals surface area contributed by atoms with Gasteiger partial charge in [-0.1, -0.05) is 6.92 Å². The molecule has 7 nitrogen and oxygen atoms in total. The molecule has 1 aromatic heterocycles. The van der Waals surface area contributed by atoms with E-state index in [2.05, 4.69) is 4.98 Å². The van der Waals surface area contributed by atoms with Crippen LogP contribution in [0.25, 0.3) is 0 Å². The van der Waals surface area contributed by atoms with Gasteiger partial charge in [0.05, 0.1) is 19.3 Å². The predicted molar refractivity (Wildman–Crippen MR) is 63.7 cm³/mol. The number of anilines is 1. The van der Waals surface area contributed by atoms with Crippen molar-refractivity contribution in [2.45, 2.75) is 25.7 Å². The molecule has 1 aliphatic rings. The Morgan fingerprint density at radius 1 is 1.67 bits per heavy atom. The van der Waals surface area contributed by atoms with Gasteiger partial charge in [0.2, 0.25) is 0 Å². The number of hydrogen-bond acceptors (Lipinski definition) is 6. The van der Waals surface area contributed by atoms with Crippen LogP contribution in [0.1, 0.15) is 19.6 Å². The molecular weight excluding hydrogens is 238 g/mol. The maximum atomic E-state index is 11.7. The van der Waals surface area contributed by atoms with Crippen molar-refractivity contribution in [3.8, 4) is 0 Å². The third-order valence-corrected chi connectivity index (χ3v) is 3.43. The lowest BCUT2D eigenvalue weighted by Crippen LogP contribution is -2.34. The molecule has 0 spiro atoms. The zero-order chi connectivity index (χ0) is 13.3. The zero-order valence-corrected chi connectivity index (χ0v) is 10.1. The number of aliphatic hydroxyl groups is 2. The van der Waals surface area contributed by atoms with Crippen molar-refractivity contribution >= 4 is 5.82 Å². The van der Waals surface area contributed by atoms with Crippen LogP contribution in [-0.4, -0.2) is 39.1 Å². The van der Waals surface area contributed by atoms with Gasteiger partial charge >= 0.3 is 5.69 Å². The molecule has 1 fully saturated rings.